The van der Waals surface area contributed by atoms with E-state index in [1.165, 1.54) is 0 Å². The first kappa shape index (κ1) is 9.45. The van der Waals surface area contributed by atoms with Crippen LogP contribution in [0.15, 0.2) is 21.6 Å². The van der Waals surface area contributed by atoms with Gasteiger partial charge in [-0.2, -0.15) is 0 Å². The van der Waals surface area contributed by atoms with Crippen LogP contribution in [0.25, 0.3) is 5.65 Å². The summed E-state index contributed by atoms with van der Waals surface area (Å²) in [6, 6.07) is 1.60. The van der Waals surface area contributed by atoms with Crippen LogP contribution in [0.1, 0.15) is 23.0 Å². The smallest absolute Gasteiger partial charge is 0.343 e. The van der Waals surface area contributed by atoms with E-state index in [1.807, 2.05) is 6.92 Å². The third kappa shape index (κ3) is 1.39. The second-order valence-corrected chi connectivity index (χ2v) is 2.99. The Kier molecular flexibility index (Phi) is 2.03. The molecule has 0 saturated carbocycles. The Hall–Kier alpha value is -2.11. The molecular formula is C9H8N2O4. The van der Waals surface area contributed by atoms with E-state index < -0.39 is 17.1 Å². The summed E-state index contributed by atoms with van der Waals surface area (Å²) < 4.78 is 6.01. The Bertz CT molecular complexity index is 581. The SMILES string of the molecule is CCc1cc2ncc(C(=O)O)c(=O)n2o1. The van der Waals surface area contributed by atoms with Gasteiger partial charge in [0, 0.05) is 18.7 Å². The molecule has 0 aliphatic heterocycles. The van der Waals surface area contributed by atoms with Crippen molar-refractivity contribution in [2.24, 2.45) is 0 Å². The molecule has 2 rings (SSSR count). The lowest BCUT2D eigenvalue weighted by Gasteiger charge is -1.93. The number of carboxylic acid groups (broad SMARTS) is 1. The Morgan fingerprint density at radius 2 is 2.40 bits per heavy atom. The molecule has 0 atom stereocenters. The maximum atomic E-state index is 11.5. The number of hydrogen-bond acceptors (Lipinski definition) is 4. The lowest BCUT2D eigenvalue weighted by molar-refractivity contribution is 0.0693. The summed E-state index contributed by atoms with van der Waals surface area (Å²) in [7, 11) is 0. The van der Waals surface area contributed by atoms with Crippen LogP contribution in [0.2, 0.25) is 0 Å². The van der Waals surface area contributed by atoms with Crippen molar-refractivity contribution in [1.29, 1.82) is 0 Å². The largest absolute Gasteiger partial charge is 0.477 e. The standard InChI is InChI=1S/C9H8N2O4/c1-2-5-3-7-10-4-6(9(13)14)8(12)11(7)15-5/h3-4H,2H2,1H3,(H,13,14). The molecule has 6 heteroatoms. The number of aromatic carboxylic acids is 1. The molecule has 1 N–H and O–H groups in total. The maximum Gasteiger partial charge on any atom is 0.343 e. The van der Waals surface area contributed by atoms with Gasteiger partial charge in [0.25, 0.3) is 0 Å². The zero-order valence-electron chi connectivity index (χ0n) is 7.93. The summed E-state index contributed by atoms with van der Waals surface area (Å²) in [5, 5.41) is 8.69. The van der Waals surface area contributed by atoms with Gasteiger partial charge in [0.05, 0.1) is 0 Å². The molecular weight excluding hydrogens is 200 g/mol. The third-order valence-corrected chi connectivity index (χ3v) is 2.03. The van der Waals surface area contributed by atoms with Crippen LogP contribution in [0.3, 0.4) is 0 Å². The van der Waals surface area contributed by atoms with Crippen LogP contribution >= 0.6 is 0 Å². The van der Waals surface area contributed by atoms with Crippen LogP contribution in [-0.2, 0) is 6.42 Å². The Morgan fingerprint density at radius 3 is 3.00 bits per heavy atom. The van der Waals surface area contributed by atoms with Crippen molar-refractivity contribution < 1.29 is 14.4 Å². The highest BCUT2D eigenvalue weighted by atomic mass is 16.5. The van der Waals surface area contributed by atoms with Gasteiger partial charge in [0.15, 0.2) is 5.65 Å². The first-order valence-electron chi connectivity index (χ1n) is 4.37. The zero-order chi connectivity index (χ0) is 11.0. The molecule has 0 bridgehead atoms. The molecule has 6 nitrogen and oxygen atoms in total. The molecule has 0 fully saturated rings. The highest BCUT2D eigenvalue weighted by Gasteiger charge is 2.14. The number of aryl methyl sites for hydroxylation is 1. The average Bonchev–Trinajstić information content (AvgIpc) is 2.61. The monoisotopic (exact) mass is 208 g/mol. The lowest BCUT2D eigenvalue weighted by atomic mass is 10.3. The summed E-state index contributed by atoms with van der Waals surface area (Å²) in [4.78, 5) is 26.0. The molecule has 2 heterocycles. The number of nitrogens with zero attached hydrogens (tertiary/aromatic N) is 2. The van der Waals surface area contributed by atoms with Gasteiger partial charge in [0.1, 0.15) is 11.3 Å². The molecule has 0 radical (unpaired) electrons. The van der Waals surface area contributed by atoms with E-state index in [0.29, 0.717) is 17.8 Å². The number of hydrogen-bond donors (Lipinski definition) is 1. The highest BCUT2D eigenvalue weighted by Crippen LogP contribution is 2.06. The Labute approximate surface area is 83.7 Å². The molecule has 0 spiro atoms. The lowest BCUT2D eigenvalue weighted by Crippen LogP contribution is -2.21. The van der Waals surface area contributed by atoms with E-state index in [-0.39, 0.29) is 0 Å². The Balaban J connectivity index is 2.78. The number of carbonyl (C=O) groups is 1. The van der Waals surface area contributed by atoms with E-state index in [9.17, 15) is 9.59 Å². The molecule has 0 aromatic carbocycles. The van der Waals surface area contributed by atoms with Gasteiger partial charge in [-0.3, -0.25) is 4.79 Å². The zero-order valence-corrected chi connectivity index (χ0v) is 7.93. The van der Waals surface area contributed by atoms with Gasteiger partial charge >= 0.3 is 11.5 Å². The van der Waals surface area contributed by atoms with Crippen molar-refractivity contribution in [3.8, 4) is 0 Å². The van der Waals surface area contributed by atoms with E-state index in [0.717, 1.165) is 10.8 Å². The van der Waals surface area contributed by atoms with Crippen molar-refractivity contribution in [1.82, 2.24) is 9.56 Å². The predicted octanol–water partition coefficient (Wildman–Crippen LogP) is 0.548. The predicted molar refractivity (Wildman–Crippen MR) is 50.1 cm³/mol. The summed E-state index contributed by atoms with van der Waals surface area (Å²) >= 11 is 0. The topological polar surface area (TPSA) is 84.8 Å². The summed E-state index contributed by atoms with van der Waals surface area (Å²) in [5.74, 6) is -0.724. The van der Waals surface area contributed by atoms with Gasteiger partial charge in [-0.15, -0.1) is 4.57 Å². The van der Waals surface area contributed by atoms with Crippen LogP contribution < -0.4 is 5.56 Å². The minimum atomic E-state index is -1.31. The fourth-order valence-electron chi connectivity index (χ4n) is 1.24. The van der Waals surface area contributed by atoms with Gasteiger partial charge in [-0.25, -0.2) is 9.78 Å². The van der Waals surface area contributed by atoms with Crippen LogP contribution in [0.5, 0.6) is 0 Å². The molecule has 2 aromatic heterocycles. The fourth-order valence-corrected chi connectivity index (χ4v) is 1.24. The molecule has 78 valence electrons. The number of aromatic nitrogens is 2. The molecule has 0 aliphatic carbocycles. The number of fused-ring (bicyclic) bond motifs is 1. The van der Waals surface area contributed by atoms with Gasteiger partial charge in [-0.1, -0.05) is 6.92 Å². The average molecular weight is 208 g/mol. The highest BCUT2D eigenvalue weighted by molar-refractivity contribution is 5.86. The first-order chi connectivity index (χ1) is 7.13. The quantitative estimate of drug-likeness (QED) is 0.778. The van der Waals surface area contributed by atoms with Crippen molar-refractivity contribution in [2.45, 2.75) is 13.3 Å². The minimum Gasteiger partial charge on any atom is -0.477 e. The fraction of sp³-hybridized carbons (Fsp3) is 0.222. The van der Waals surface area contributed by atoms with E-state index in [1.54, 1.807) is 6.07 Å². The maximum absolute atomic E-state index is 11.5. The van der Waals surface area contributed by atoms with Gasteiger partial charge < -0.3 is 9.63 Å². The van der Waals surface area contributed by atoms with E-state index in [2.05, 4.69) is 4.98 Å². The molecule has 0 saturated heterocycles. The van der Waals surface area contributed by atoms with Crippen LogP contribution in [0.4, 0.5) is 0 Å². The van der Waals surface area contributed by atoms with Crippen molar-refractivity contribution >= 4 is 11.6 Å². The summed E-state index contributed by atoms with van der Waals surface area (Å²) in [6.07, 6.45) is 1.65. The van der Waals surface area contributed by atoms with E-state index >= 15 is 0 Å². The number of carboxylic acids is 1. The second-order valence-electron chi connectivity index (χ2n) is 2.99. The molecule has 15 heavy (non-hydrogen) atoms. The minimum absolute atomic E-state index is 0.321. The first-order valence-corrected chi connectivity index (χ1v) is 4.37. The molecule has 0 aliphatic rings. The third-order valence-electron chi connectivity index (χ3n) is 2.03. The summed E-state index contributed by atoms with van der Waals surface area (Å²) in [5.41, 5.74) is -0.779. The van der Waals surface area contributed by atoms with E-state index in [4.69, 9.17) is 9.63 Å². The van der Waals surface area contributed by atoms with Gasteiger partial charge in [-0.05, 0) is 0 Å². The number of rotatable bonds is 2. The second kappa shape index (κ2) is 3.23. The summed E-state index contributed by atoms with van der Waals surface area (Å²) in [6.45, 7) is 1.86. The normalized spacial score (nSPS) is 10.7. The van der Waals surface area contributed by atoms with Crippen LogP contribution in [-0.4, -0.2) is 20.6 Å². The van der Waals surface area contributed by atoms with Gasteiger partial charge in [0.2, 0.25) is 0 Å². The molecule has 0 amide bonds. The van der Waals surface area contributed by atoms with Crippen molar-refractivity contribution in [3.63, 3.8) is 0 Å². The Morgan fingerprint density at radius 1 is 1.67 bits per heavy atom. The molecule has 2 aromatic rings. The molecule has 0 unspecified atom stereocenters. The van der Waals surface area contributed by atoms with Crippen LogP contribution in [0, 0.1) is 0 Å². The van der Waals surface area contributed by atoms with Crippen molar-refractivity contribution in [2.75, 3.05) is 0 Å². The van der Waals surface area contributed by atoms with Crippen molar-refractivity contribution in [3.05, 3.63) is 33.9 Å².